The molecule has 0 saturated carbocycles. The van der Waals surface area contributed by atoms with Gasteiger partial charge in [0, 0.05) is 23.6 Å². The van der Waals surface area contributed by atoms with Gasteiger partial charge in [0.25, 0.3) is 0 Å². The molecule has 3 aromatic carbocycles. The van der Waals surface area contributed by atoms with E-state index in [9.17, 15) is 19.8 Å². The highest BCUT2D eigenvalue weighted by Gasteiger charge is 2.25. The van der Waals surface area contributed by atoms with Crippen molar-refractivity contribution in [2.75, 3.05) is 7.11 Å². The summed E-state index contributed by atoms with van der Waals surface area (Å²) in [5, 5.41) is 20.2. The van der Waals surface area contributed by atoms with Crippen LogP contribution in [0.2, 0.25) is 0 Å². The molecular weight excluding hydrogens is 428 g/mol. The zero-order valence-corrected chi connectivity index (χ0v) is 20.0. The molecule has 3 aromatic rings. The average Bonchev–Trinajstić information content (AvgIpc) is 2.82. The van der Waals surface area contributed by atoms with Crippen molar-refractivity contribution in [3.63, 3.8) is 0 Å². The number of Topliss-reactive ketones (excluding diaryl/α,β-unsaturated/α-hetero) is 1. The van der Waals surface area contributed by atoms with Crippen LogP contribution < -0.4 is 4.74 Å². The molecule has 0 unspecified atom stereocenters. The lowest BCUT2D eigenvalue weighted by molar-refractivity contribution is 0.0692. The van der Waals surface area contributed by atoms with E-state index in [2.05, 4.69) is 19.1 Å². The van der Waals surface area contributed by atoms with Gasteiger partial charge in [0.2, 0.25) is 0 Å². The molecule has 0 atom stereocenters. The van der Waals surface area contributed by atoms with Gasteiger partial charge in [0.15, 0.2) is 5.78 Å². The van der Waals surface area contributed by atoms with Crippen molar-refractivity contribution in [3.05, 3.63) is 94.1 Å². The average molecular weight is 459 g/mol. The first kappa shape index (κ1) is 24.8. The van der Waals surface area contributed by atoms with Gasteiger partial charge in [-0.15, -0.1) is 0 Å². The van der Waals surface area contributed by atoms with Gasteiger partial charge in [0.05, 0.1) is 7.11 Å². The maximum absolute atomic E-state index is 13.3. The van der Waals surface area contributed by atoms with E-state index in [1.165, 1.54) is 18.7 Å². The van der Waals surface area contributed by atoms with E-state index < -0.39 is 11.7 Å². The normalized spacial score (nSPS) is 10.6. The first-order chi connectivity index (χ1) is 16.2. The summed E-state index contributed by atoms with van der Waals surface area (Å²) >= 11 is 0. The fourth-order valence-corrected chi connectivity index (χ4v) is 3.95. The Hall–Kier alpha value is -3.86. The number of ether oxygens (including phenoxy) is 1. The Bertz CT molecular complexity index is 1230. The second kappa shape index (κ2) is 10.8. The van der Waals surface area contributed by atoms with Crippen LogP contribution in [0.3, 0.4) is 0 Å². The highest BCUT2D eigenvalue weighted by molar-refractivity contribution is 6.02. The van der Waals surface area contributed by atoms with E-state index >= 15 is 0 Å². The third-order valence-corrected chi connectivity index (χ3v) is 5.85. The van der Waals surface area contributed by atoms with Crippen LogP contribution in [0.15, 0.2) is 66.2 Å². The second-order valence-corrected chi connectivity index (χ2v) is 8.45. The van der Waals surface area contributed by atoms with Crippen LogP contribution in [0.25, 0.3) is 11.1 Å². The molecule has 34 heavy (non-hydrogen) atoms. The molecule has 3 rings (SSSR count). The summed E-state index contributed by atoms with van der Waals surface area (Å²) in [4.78, 5) is 25.4. The van der Waals surface area contributed by atoms with Crippen LogP contribution in [-0.2, 0) is 19.3 Å². The Morgan fingerprint density at radius 1 is 0.971 bits per heavy atom. The predicted octanol–water partition coefficient (Wildman–Crippen LogP) is 6.26. The predicted molar refractivity (Wildman–Crippen MR) is 134 cm³/mol. The maximum Gasteiger partial charge on any atom is 0.339 e. The van der Waals surface area contributed by atoms with Crippen molar-refractivity contribution >= 4 is 11.8 Å². The van der Waals surface area contributed by atoms with Crippen LogP contribution in [0, 0.1) is 0 Å². The number of aryl methyl sites for hydroxylation is 1. The van der Waals surface area contributed by atoms with E-state index in [0.717, 1.165) is 23.1 Å². The summed E-state index contributed by atoms with van der Waals surface area (Å²) in [5.74, 6) is -1.59. The molecule has 0 aliphatic rings. The van der Waals surface area contributed by atoms with Crippen molar-refractivity contribution in [3.8, 4) is 22.6 Å². The van der Waals surface area contributed by atoms with Gasteiger partial charge < -0.3 is 14.9 Å². The number of benzene rings is 3. The molecule has 0 aliphatic heterocycles. The topological polar surface area (TPSA) is 83.8 Å². The number of aromatic hydroxyl groups is 1. The summed E-state index contributed by atoms with van der Waals surface area (Å²) in [5.41, 5.74) is 5.25. The molecule has 2 N–H and O–H groups in total. The number of carboxylic acids is 1. The van der Waals surface area contributed by atoms with Gasteiger partial charge in [0.1, 0.15) is 17.1 Å². The molecule has 0 radical (unpaired) electrons. The highest BCUT2D eigenvalue weighted by Crippen LogP contribution is 2.35. The molecule has 0 saturated heterocycles. The standard InChI is InChI=1S/C29H30O5/c1-5-19-10-12-20(13-11-19)21-7-6-8-22(15-21)25(30)16-24-23(14-9-18(2)3)27(34-4)17-26(31)28(24)29(32)33/h6-13,15,17,31H,5,14,16H2,1-4H3,(H,32,33). The number of carbonyl (C=O) groups excluding carboxylic acids is 1. The molecule has 176 valence electrons. The highest BCUT2D eigenvalue weighted by atomic mass is 16.5. The van der Waals surface area contributed by atoms with Crippen molar-refractivity contribution in [1.82, 2.24) is 0 Å². The largest absolute Gasteiger partial charge is 0.507 e. The summed E-state index contributed by atoms with van der Waals surface area (Å²) < 4.78 is 5.42. The zero-order chi connectivity index (χ0) is 24.8. The van der Waals surface area contributed by atoms with Crippen molar-refractivity contribution in [2.24, 2.45) is 0 Å². The van der Waals surface area contributed by atoms with Gasteiger partial charge in [-0.05, 0) is 55.0 Å². The minimum absolute atomic E-state index is 0.170. The summed E-state index contributed by atoms with van der Waals surface area (Å²) in [6, 6.07) is 16.8. The number of carboxylic acid groups (broad SMARTS) is 1. The number of ketones is 1. The molecule has 0 spiro atoms. The number of phenols is 1. The monoisotopic (exact) mass is 458 g/mol. The molecule has 5 nitrogen and oxygen atoms in total. The Labute approximate surface area is 200 Å². The van der Waals surface area contributed by atoms with E-state index in [4.69, 9.17) is 4.74 Å². The number of hydrogen-bond donors (Lipinski definition) is 2. The SMILES string of the molecule is CCc1ccc(-c2cccc(C(=O)Cc3c(CC=C(C)C)c(OC)cc(O)c3C(=O)O)c2)cc1. The molecule has 0 aliphatic carbocycles. The molecule has 0 amide bonds. The quantitative estimate of drug-likeness (QED) is 0.292. The number of aromatic carboxylic acids is 1. The molecule has 5 heteroatoms. The van der Waals surface area contributed by atoms with E-state index in [1.807, 2.05) is 50.3 Å². The van der Waals surface area contributed by atoms with Crippen LogP contribution in [-0.4, -0.2) is 29.1 Å². The summed E-state index contributed by atoms with van der Waals surface area (Å²) in [7, 11) is 1.46. The van der Waals surface area contributed by atoms with E-state index in [-0.39, 0.29) is 23.3 Å². The zero-order valence-electron chi connectivity index (χ0n) is 20.0. The van der Waals surface area contributed by atoms with Crippen molar-refractivity contribution in [1.29, 1.82) is 0 Å². The summed E-state index contributed by atoms with van der Waals surface area (Å²) in [6.45, 7) is 5.98. The van der Waals surface area contributed by atoms with Gasteiger partial charge >= 0.3 is 5.97 Å². The number of rotatable bonds is 9. The lowest BCUT2D eigenvalue weighted by Gasteiger charge is -2.17. The first-order valence-electron chi connectivity index (χ1n) is 11.3. The van der Waals surface area contributed by atoms with Crippen LogP contribution in [0.1, 0.15) is 58.2 Å². The van der Waals surface area contributed by atoms with Crippen LogP contribution in [0.4, 0.5) is 0 Å². The van der Waals surface area contributed by atoms with Crippen molar-refractivity contribution in [2.45, 2.75) is 40.0 Å². The molecule has 0 fully saturated rings. The second-order valence-electron chi connectivity index (χ2n) is 8.45. The lowest BCUT2D eigenvalue weighted by Crippen LogP contribution is -2.13. The molecule has 0 heterocycles. The number of hydrogen-bond acceptors (Lipinski definition) is 4. The van der Waals surface area contributed by atoms with Gasteiger partial charge in [-0.25, -0.2) is 4.79 Å². The minimum Gasteiger partial charge on any atom is -0.507 e. The Morgan fingerprint density at radius 2 is 1.68 bits per heavy atom. The van der Waals surface area contributed by atoms with E-state index in [1.54, 1.807) is 6.07 Å². The fourth-order valence-electron chi connectivity index (χ4n) is 3.95. The first-order valence-corrected chi connectivity index (χ1v) is 11.3. The third-order valence-electron chi connectivity index (χ3n) is 5.85. The molecule has 0 bridgehead atoms. The van der Waals surface area contributed by atoms with Gasteiger partial charge in [-0.3, -0.25) is 4.79 Å². The van der Waals surface area contributed by atoms with Crippen LogP contribution >= 0.6 is 0 Å². The minimum atomic E-state index is -1.29. The summed E-state index contributed by atoms with van der Waals surface area (Å²) in [6.07, 6.45) is 3.11. The lowest BCUT2D eigenvalue weighted by atomic mass is 9.90. The molecule has 0 aromatic heterocycles. The maximum atomic E-state index is 13.3. The van der Waals surface area contributed by atoms with Gasteiger partial charge in [-0.2, -0.15) is 0 Å². The number of allylic oxidation sites excluding steroid dienone is 2. The number of carbonyl (C=O) groups is 2. The van der Waals surface area contributed by atoms with Crippen LogP contribution in [0.5, 0.6) is 11.5 Å². The third kappa shape index (κ3) is 5.54. The van der Waals surface area contributed by atoms with Gasteiger partial charge in [-0.1, -0.05) is 61.0 Å². The Kier molecular flexibility index (Phi) is 7.90. The molecular formula is C29H30O5. The number of methoxy groups -OCH3 is 1. The fraction of sp³-hybridized carbons (Fsp3) is 0.241. The smallest absolute Gasteiger partial charge is 0.339 e. The van der Waals surface area contributed by atoms with Crippen molar-refractivity contribution < 1.29 is 24.5 Å². The van der Waals surface area contributed by atoms with E-state index in [0.29, 0.717) is 23.3 Å². The Morgan fingerprint density at radius 3 is 2.26 bits per heavy atom. The Balaban J connectivity index is 2.04.